The number of nitrogens with two attached hydrogens (primary N) is 1. The summed E-state index contributed by atoms with van der Waals surface area (Å²) in [5.41, 5.74) is 7.79. The minimum Gasteiger partial charge on any atom is -0.465 e. The fraction of sp³-hybridized carbons (Fsp3) is 0.0714. The van der Waals surface area contributed by atoms with Gasteiger partial charge in [-0.05, 0) is 30.3 Å². The number of rotatable bonds is 3. The van der Waals surface area contributed by atoms with E-state index in [9.17, 15) is 4.79 Å². The minimum absolute atomic E-state index is 0.382. The van der Waals surface area contributed by atoms with E-state index < -0.39 is 5.97 Å². The fourth-order valence-corrected chi connectivity index (χ4v) is 2.15. The molecule has 104 valence electrons. The molecule has 0 fully saturated rings. The van der Waals surface area contributed by atoms with Gasteiger partial charge in [-0.15, -0.1) is 0 Å². The number of carbonyl (C=O) groups is 1. The van der Waals surface area contributed by atoms with Gasteiger partial charge in [0.05, 0.1) is 39.8 Å². The molecule has 0 saturated carbocycles. The van der Waals surface area contributed by atoms with Gasteiger partial charge in [0.25, 0.3) is 0 Å². The SMILES string of the molecule is COC(=O)c1ccc(N)c(Nc2c(Cl)cccc2Cl)c1. The van der Waals surface area contributed by atoms with E-state index in [1.807, 2.05) is 0 Å². The first-order valence-electron chi connectivity index (χ1n) is 5.72. The fourth-order valence-electron chi connectivity index (χ4n) is 1.66. The van der Waals surface area contributed by atoms with Crippen molar-refractivity contribution in [2.75, 3.05) is 18.2 Å². The normalized spacial score (nSPS) is 10.2. The number of hydrogen-bond acceptors (Lipinski definition) is 4. The molecule has 0 aliphatic heterocycles. The number of nitrogen functional groups attached to an aromatic ring is 1. The lowest BCUT2D eigenvalue weighted by Crippen LogP contribution is -2.04. The lowest BCUT2D eigenvalue weighted by molar-refractivity contribution is 0.0601. The Morgan fingerprint density at radius 1 is 1.20 bits per heavy atom. The second kappa shape index (κ2) is 6.03. The van der Waals surface area contributed by atoms with Gasteiger partial charge < -0.3 is 15.8 Å². The number of anilines is 3. The summed E-state index contributed by atoms with van der Waals surface area (Å²) in [6.45, 7) is 0. The molecule has 0 spiro atoms. The van der Waals surface area contributed by atoms with Gasteiger partial charge in [-0.25, -0.2) is 4.79 Å². The van der Waals surface area contributed by atoms with Crippen LogP contribution in [0.3, 0.4) is 0 Å². The predicted molar refractivity (Wildman–Crippen MR) is 81.9 cm³/mol. The Hall–Kier alpha value is -1.91. The lowest BCUT2D eigenvalue weighted by Gasteiger charge is -2.13. The molecule has 0 saturated heterocycles. The highest BCUT2D eigenvalue weighted by Crippen LogP contribution is 2.34. The summed E-state index contributed by atoms with van der Waals surface area (Å²) in [6, 6.07) is 9.93. The summed E-state index contributed by atoms with van der Waals surface area (Å²) in [5.74, 6) is -0.446. The van der Waals surface area contributed by atoms with Crippen LogP contribution in [-0.4, -0.2) is 13.1 Å². The smallest absolute Gasteiger partial charge is 0.337 e. The number of ether oxygens (including phenoxy) is 1. The molecule has 0 amide bonds. The molecule has 2 aromatic carbocycles. The first-order chi connectivity index (χ1) is 9.52. The number of hydrogen-bond donors (Lipinski definition) is 2. The average molecular weight is 311 g/mol. The average Bonchev–Trinajstić information content (AvgIpc) is 2.44. The summed E-state index contributed by atoms with van der Waals surface area (Å²) in [6.07, 6.45) is 0. The van der Waals surface area contributed by atoms with E-state index in [1.165, 1.54) is 7.11 Å². The maximum Gasteiger partial charge on any atom is 0.337 e. The highest BCUT2D eigenvalue weighted by atomic mass is 35.5. The zero-order valence-corrected chi connectivity index (χ0v) is 12.1. The van der Waals surface area contributed by atoms with Crippen LogP contribution in [-0.2, 0) is 4.74 Å². The van der Waals surface area contributed by atoms with Crippen LogP contribution in [0.4, 0.5) is 17.1 Å². The van der Waals surface area contributed by atoms with Crippen molar-refractivity contribution >= 4 is 46.2 Å². The Balaban J connectivity index is 2.40. The molecule has 3 N–H and O–H groups in total. The summed E-state index contributed by atoms with van der Waals surface area (Å²) >= 11 is 12.2. The van der Waals surface area contributed by atoms with Crippen LogP contribution in [0.25, 0.3) is 0 Å². The Bertz CT molecular complexity index is 639. The number of methoxy groups -OCH3 is 1. The van der Waals surface area contributed by atoms with Crippen molar-refractivity contribution in [3.63, 3.8) is 0 Å². The Morgan fingerprint density at radius 2 is 1.85 bits per heavy atom. The van der Waals surface area contributed by atoms with E-state index in [-0.39, 0.29) is 0 Å². The van der Waals surface area contributed by atoms with E-state index in [4.69, 9.17) is 28.9 Å². The van der Waals surface area contributed by atoms with Crippen molar-refractivity contribution in [2.24, 2.45) is 0 Å². The third-order valence-corrected chi connectivity index (χ3v) is 3.33. The molecule has 0 aliphatic carbocycles. The van der Waals surface area contributed by atoms with Gasteiger partial charge in [0.2, 0.25) is 0 Å². The number of carbonyl (C=O) groups excluding carboxylic acids is 1. The van der Waals surface area contributed by atoms with Crippen molar-refractivity contribution in [1.29, 1.82) is 0 Å². The van der Waals surface area contributed by atoms with Crippen LogP contribution in [0.5, 0.6) is 0 Å². The van der Waals surface area contributed by atoms with Crippen molar-refractivity contribution in [3.05, 3.63) is 52.0 Å². The zero-order valence-electron chi connectivity index (χ0n) is 10.6. The van der Waals surface area contributed by atoms with Crippen LogP contribution in [0.1, 0.15) is 10.4 Å². The van der Waals surface area contributed by atoms with Gasteiger partial charge in [-0.2, -0.15) is 0 Å². The molecule has 2 rings (SSSR count). The maximum absolute atomic E-state index is 11.5. The van der Waals surface area contributed by atoms with Gasteiger partial charge in [-0.3, -0.25) is 0 Å². The van der Waals surface area contributed by atoms with Crippen LogP contribution in [0.2, 0.25) is 10.0 Å². The van der Waals surface area contributed by atoms with Crippen LogP contribution in [0, 0.1) is 0 Å². The van der Waals surface area contributed by atoms with E-state index >= 15 is 0 Å². The topological polar surface area (TPSA) is 64.3 Å². The summed E-state index contributed by atoms with van der Waals surface area (Å²) in [4.78, 5) is 11.5. The standard InChI is InChI=1S/C14H12Cl2N2O2/c1-20-14(19)8-5-6-11(17)12(7-8)18-13-9(15)3-2-4-10(13)16/h2-7,18H,17H2,1H3. The molecule has 0 heterocycles. The van der Waals surface area contributed by atoms with Crippen LogP contribution >= 0.6 is 23.2 Å². The number of nitrogens with one attached hydrogen (secondary N) is 1. The Labute approximate surface area is 126 Å². The number of para-hydroxylation sites is 1. The molecule has 0 bridgehead atoms. The molecule has 0 radical (unpaired) electrons. The number of benzene rings is 2. The van der Waals surface area contributed by atoms with Gasteiger partial charge in [0.1, 0.15) is 0 Å². The molecular weight excluding hydrogens is 299 g/mol. The molecule has 6 heteroatoms. The highest BCUT2D eigenvalue weighted by Gasteiger charge is 2.11. The maximum atomic E-state index is 11.5. The predicted octanol–water partition coefficient (Wildman–Crippen LogP) is 4.11. The number of esters is 1. The molecule has 2 aromatic rings. The first kappa shape index (κ1) is 14.5. The van der Waals surface area contributed by atoms with E-state index in [1.54, 1.807) is 36.4 Å². The van der Waals surface area contributed by atoms with E-state index in [0.717, 1.165) is 0 Å². The Kier molecular flexibility index (Phi) is 4.37. The highest BCUT2D eigenvalue weighted by molar-refractivity contribution is 6.39. The van der Waals surface area contributed by atoms with Crippen molar-refractivity contribution in [2.45, 2.75) is 0 Å². The van der Waals surface area contributed by atoms with Gasteiger partial charge in [-0.1, -0.05) is 29.3 Å². The van der Waals surface area contributed by atoms with Gasteiger partial charge in [0.15, 0.2) is 0 Å². The molecule has 0 unspecified atom stereocenters. The third-order valence-electron chi connectivity index (χ3n) is 2.70. The van der Waals surface area contributed by atoms with E-state index in [0.29, 0.717) is 32.7 Å². The molecule has 0 aromatic heterocycles. The number of halogens is 2. The molecule has 0 atom stereocenters. The monoisotopic (exact) mass is 310 g/mol. The molecule has 20 heavy (non-hydrogen) atoms. The zero-order chi connectivity index (χ0) is 14.7. The van der Waals surface area contributed by atoms with Gasteiger partial charge >= 0.3 is 5.97 Å². The quantitative estimate of drug-likeness (QED) is 0.661. The lowest BCUT2D eigenvalue weighted by atomic mass is 10.1. The summed E-state index contributed by atoms with van der Waals surface area (Å²) in [7, 11) is 1.32. The second-order valence-electron chi connectivity index (χ2n) is 4.02. The third kappa shape index (κ3) is 2.98. The van der Waals surface area contributed by atoms with Crippen molar-refractivity contribution in [1.82, 2.24) is 0 Å². The van der Waals surface area contributed by atoms with E-state index in [2.05, 4.69) is 10.1 Å². The molecule has 4 nitrogen and oxygen atoms in total. The van der Waals surface area contributed by atoms with Crippen molar-refractivity contribution in [3.8, 4) is 0 Å². The van der Waals surface area contributed by atoms with Crippen LogP contribution in [0.15, 0.2) is 36.4 Å². The largest absolute Gasteiger partial charge is 0.465 e. The molecular formula is C14H12Cl2N2O2. The first-order valence-corrected chi connectivity index (χ1v) is 6.47. The Morgan fingerprint density at radius 3 is 2.45 bits per heavy atom. The second-order valence-corrected chi connectivity index (χ2v) is 4.83. The van der Waals surface area contributed by atoms with Crippen molar-refractivity contribution < 1.29 is 9.53 Å². The molecule has 0 aliphatic rings. The van der Waals surface area contributed by atoms with Gasteiger partial charge in [0, 0.05) is 0 Å². The summed E-state index contributed by atoms with van der Waals surface area (Å²) < 4.78 is 4.67. The van der Waals surface area contributed by atoms with Crippen LogP contribution < -0.4 is 11.1 Å². The minimum atomic E-state index is -0.446. The summed E-state index contributed by atoms with van der Waals surface area (Å²) in [5, 5.41) is 3.95.